The minimum absolute atomic E-state index is 0.145. The molecule has 0 unspecified atom stereocenters. The second kappa shape index (κ2) is 6.53. The number of sulfonamides is 1. The monoisotopic (exact) mass is 320 g/mol. The number of likely N-dealkylation sites (N-methyl/N-ethyl adjacent to an activating group) is 1. The molecule has 0 spiro atoms. The topological polar surface area (TPSA) is 89.7 Å². The molecule has 1 aromatic rings. The van der Waals surface area contributed by atoms with Crippen LogP contribution < -0.4 is 5.14 Å². The summed E-state index contributed by atoms with van der Waals surface area (Å²) in [6, 6.07) is 2.67. The first kappa shape index (κ1) is 16.9. The van der Waals surface area contributed by atoms with Crippen LogP contribution in [0.15, 0.2) is 17.0 Å². The van der Waals surface area contributed by atoms with Crippen molar-refractivity contribution in [1.29, 1.82) is 0 Å². The average Bonchev–Trinajstić information content (AvgIpc) is 2.36. The van der Waals surface area contributed by atoms with Gasteiger partial charge in [0, 0.05) is 31.3 Å². The van der Waals surface area contributed by atoms with Gasteiger partial charge in [-0.05, 0) is 24.6 Å². The van der Waals surface area contributed by atoms with E-state index in [9.17, 15) is 13.2 Å². The van der Waals surface area contributed by atoms with Gasteiger partial charge in [-0.1, -0.05) is 11.6 Å². The molecule has 0 aliphatic rings. The number of hydrogen-bond donors (Lipinski definition) is 1. The number of rotatable bonds is 5. The van der Waals surface area contributed by atoms with Gasteiger partial charge in [0.15, 0.2) is 0 Å². The van der Waals surface area contributed by atoms with E-state index in [1.54, 1.807) is 7.05 Å². The molecular formula is C12H17ClN2O4S. The lowest BCUT2D eigenvalue weighted by Crippen LogP contribution is -2.30. The lowest BCUT2D eigenvalue weighted by molar-refractivity contribution is 0.0744. The van der Waals surface area contributed by atoms with Crippen molar-refractivity contribution in [3.8, 4) is 0 Å². The Bertz CT molecular complexity index is 616. The van der Waals surface area contributed by atoms with Gasteiger partial charge >= 0.3 is 0 Å². The maximum atomic E-state index is 12.2. The zero-order valence-electron chi connectivity index (χ0n) is 11.5. The molecule has 112 valence electrons. The van der Waals surface area contributed by atoms with Gasteiger partial charge in [-0.25, -0.2) is 13.6 Å². The molecular weight excluding hydrogens is 304 g/mol. The van der Waals surface area contributed by atoms with Gasteiger partial charge in [0.1, 0.15) is 0 Å². The second-order valence-corrected chi connectivity index (χ2v) is 6.28. The summed E-state index contributed by atoms with van der Waals surface area (Å²) in [5, 5.41) is 5.30. The van der Waals surface area contributed by atoms with Crippen LogP contribution in [0.2, 0.25) is 5.02 Å². The highest BCUT2D eigenvalue weighted by Crippen LogP contribution is 2.25. The summed E-state index contributed by atoms with van der Waals surface area (Å²) in [4.78, 5) is 13.4. The standard InChI is InChI=1S/C12H17ClN2O4S/c1-8-10(13)6-9(7-11(8)20(14,17)18)12(16)15(2)4-5-19-3/h6-7H,4-5H2,1-3H3,(H2,14,17,18). The average molecular weight is 321 g/mol. The molecule has 1 rings (SSSR count). The van der Waals surface area contributed by atoms with Gasteiger partial charge in [-0.15, -0.1) is 0 Å². The highest BCUT2D eigenvalue weighted by atomic mass is 35.5. The summed E-state index contributed by atoms with van der Waals surface area (Å²) in [6.07, 6.45) is 0. The van der Waals surface area contributed by atoms with Crippen molar-refractivity contribution in [2.45, 2.75) is 11.8 Å². The van der Waals surface area contributed by atoms with Gasteiger partial charge in [0.25, 0.3) is 5.91 Å². The molecule has 0 atom stereocenters. The number of hydrogen-bond acceptors (Lipinski definition) is 4. The number of halogens is 1. The Morgan fingerprint density at radius 1 is 1.45 bits per heavy atom. The molecule has 0 saturated heterocycles. The van der Waals surface area contributed by atoms with Crippen molar-refractivity contribution in [3.05, 3.63) is 28.3 Å². The Balaban J connectivity index is 3.21. The van der Waals surface area contributed by atoms with E-state index in [2.05, 4.69) is 0 Å². The predicted octanol–water partition coefficient (Wildman–Crippen LogP) is 1.01. The van der Waals surface area contributed by atoms with E-state index in [1.807, 2.05) is 0 Å². The van der Waals surface area contributed by atoms with Crippen molar-refractivity contribution in [3.63, 3.8) is 0 Å². The zero-order valence-corrected chi connectivity index (χ0v) is 13.1. The molecule has 0 saturated carbocycles. The number of primary sulfonamides is 1. The molecule has 0 aliphatic carbocycles. The van der Waals surface area contributed by atoms with E-state index in [-0.39, 0.29) is 21.4 Å². The number of benzene rings is 1. The molecule has 0 aliphatic heterocycles. The van der Waals surface area contributed by atoms with E-state index in [0.717, 1.165) is 0 Å². The zero-order chi connectivity index (χ0) is 15.5. The Morgan fingerprint density at radius 2 is 2.05 bits per heavy atom. The summed E-state index contributed by atoms with van der Waals surface area (Å²) in [5.41, 5.74) is 0.494. The smallest absolute Gasteiger partial charge is 0.253 e. The number of carbonyl (C=O) groups excluding carboxylic acids is 1. The fraction of sp³-hybridized carbons (Fsp3) is 0.417. The van der Waals surface area contributed by atoms with Crippen LogP contribution in [-0.4, -0.2) is 46.5 Å². The molecule has 6 nitrogen and oxygen atoms in total. The first-order valence-corrected chi connectivity index (χ1v) is 7.68. The third kappa shape index (κ3) is 3.92. The van der Waals surface area contributed by atoms with Crippen LogP contribution in [-0.2, 0) is 14.8 Å². The predicted molar refractivity (Wildman–Crippen MR) is 76.4 cm³/mol. The Labute approximate surface area is 123 Å². The molecule has 1 aromatic carbocycles. The van der Waals surface area contributed by atoms with Crippen molar-refractivity contribution in [2.24, 2.45) is 5.14 Å². The van der Waals surface area contributed by atoms with Crippen LogP contribution in [0.4, 0.5) is 0 Å². The number of amides is 1. The summed E-state index contributed by atoms with van der Waals surface area (Å²) < 4.78 is 27.9. The quantitative estimate of drug-likeness (QED) is 0.877. The van der Waals surface area contributed by atoms with E-state index in [0.29, 0.717) is 18.7 Å². The third-order valence-electron chi connectivity index (χ3n) is 2.83. The van der Waals surface area contributed by atoms with Crippen molar-refractivity contribution >= 4 is 27.5 Å². The lowest BCUT2D eigenvalue weighted by atomic mass is 10.1. The van der Waals surface area contributed by atoms with E-state index >= 15 is 0 Å². The molecule has 1 amide bonds. The first-order valence-electron chi connectivity index (χ1n) is 5.75. The first-order chi connectivity index (χ1) is 9.18. The minimum atomic E-state index is -3.93. The van der Waals surface area contributed by atoms with Crippen LogP contribution in [0.1, 0.15) is 15.9 Å². The molecule has 0 radical (unpaired) electrons. The van der Waals surface area contributed by atoms with Crippen LogP contribution in [0, 0.1) is 6.92 Å². The molecule has 20 heavy (non-hydrogen) atoms. The normalized spacial score (nSPS) is 11.4. The molecule has 8 heteroatoms. The molecule has 0 bridgehead atoms. The third-order valence-corrected chi connectivity index (χ3v) is 4.26. The van der Waals surface area contributed by atoms with Gasteiger partial charge in [0.2, 0.25) is 10.0 Å². The highest BCUT2D eigenvalue weighted by Gasteiger charge is 2.20. The van der Waals surface area contributed by atoms with Crippen molar-refractivity contribution in [2.75, 3.05) is 27.3 Å². The SMILES string of the molecule is COCCN(C)C(=O)c1cc(Cl)c(C)c(S(N)(=O)=O)c1. The summed E-state index contributed by atoms with van der Waals surface area (Å²) >= 11 is 5.96. The fourth-order valence-electron chi connectivity index (χ4n) is 1.62. The molecule has 0 heterocycles. The lowest BCUT2D eigenvalue weighted by Gasteiger charge is -2.17. The van der Waals surface area contributed by atoms with Crippen LogP contribution in [0.3, 0.4) is 0 Å². The van der Waals surface area contributed by atoms with Crippen LogP contribution >= 0.6 is 11.6 Å². The molecule has 2 N–H and O–H groups in total. The molecule has 0 aromatic heterocycles. The maximum Gasteiger partial charge on any atom is 0.253 e. The number of carbonyl (C=O) groups is 1. The largest absolute Gasteiger partial charge is 0.383 e. The minimum Gasteiger partial charge on any atom is -0.383 e. The Hall–Kier alpha value is -1.15. The van der Waals surface area contributed by atoms with Crippen molar-refractivity contribution < 1.29 is 17.9 Å². The van der Waals surface area contributed by atoms with Gasteiger partial charge in [0.05, 0.1) is 11.5 Å². The van der Waals surface area contributed by atoms with E-state index in [4.69, 9.17) is 21.5 Å². The number of methoxy groups -OCH3 is 1. The Kier molecular flexibility index (Phi) is 5.52. The van der Waals surface area contributed by atoms with Crippen LogP contribution in [0.25, 0.3) is 0 Å². The van der Waals surface area contributed by atoms with Gasteiger partial charge in [-0.2, -0.15) is 0 Å². The van der Waals surface area contributed by atoms with Crippen LogP contribution in [0.5, 0.6) is 0 Å². The van der Waals surface area contributed by atoms with Gasteiger partial charge in [-0.3, -0.25) is 4.79 Å². The number of ether oxygens (including phenoxy) is 1. The Morgan fingerprint density at radius 3 is 2.55 bits per heavy atom. The summed E-state index contributed by atoms with van der Waals surface area (Å²) in [6.45, 7) is 2.29. The van der Waals surface area contributed by atoms with E-state index in [1.165, 1.54) is 31.1 Å². The second-order valence-electron chi connectivity index (χ2n) is 4.35. The number of nitrogens with zero attached hydrogens (tertiary/aromatic N) is 1. The van der Waals surface area contributed by atoms with Crippen molar-refractivity contribution in [1.82, 2.24) is 4.90 Å². The van der Waals surface area contributed by atoms with Gasteiger partial charge < -0.3 is 9.64 Å². The fourth-order valence-corrected chi connectivity index (χ4v) is 2.73. The molecule has 0 fully saturated rings. The maximum absolute atomic E-state index is 12.2. The summed E-state index contributed by atoms with van der Waals surface area (Å²) in [5.74, 6) is -0.353. The highest BCUT2D eigenvalue weighted by molar-refractivity contribution is 7.89. The number of nitrogens with two attached hydrogens (primary N) is 1. The van der Waals surface area contributed by atoms with E-state index < -0.39 is 10.0 Å². The summed E-state index contributed by atoms with van der Waals surface area (Å²) in [7, 11) is -0.818.